The molecule has 23 heavy (non-hydrogen) atoms. The van der Waals surface area contributed by atoms with Gasteiger partial charge in [-0.3, -0.25) is 4.79 Å². The van der Waals surface area contributed by atoms with E-state index in [0.717, 1.165) is 16.8 Å². The van der Waals surface area contributed by atoms with E-state index in [4.69, 9.17) is 9.31 Å². The molecule has 2 heterocycles. The van der Waals surface area contributed by atoms with Crippen LogP contribution in [0.5, 0.6) is 0 Å². The number of amides is 1. The maximum absolute atomic E-state index is 12.9. The highest BCUT2D eigenvalue weighted by atomic mass is 16.7. The highest BCUT2D eigenvalue weighted by Gasteiger charge is 2.56. The van der Waals surface area contributed by atoms with Gasteiger partial charge in [0, 0.05) is 19.1 Å². The first-order valence-electron chi connectivity index (χ1n) is 8.23. The number of carbonyl (C=O) groups excluding carboxylic acids is 1. The molecule has 0 bridgehead atoms. The molecule has 1 amide bonds. The zero-order chi connectivity index (χ0) is 17.2. The van der Waals surface area contributed by atoms with Crippen LogP contribution < -0.4 is 4.90 Å². The Morgan fingerprint density at radius 2 is 1.65 bits per heavy atom. The Balaban J connectivity index is 1.95. The van der Waals surface area contributed by atoms with Crippen molar-refractivity contribution in [3.8, 4) is 0 Å². The Labute approximate surface area is 139 Å². The maximum Gasteiger partial charge on any atom is 0.459 e. The van der Waals surface area contributed by atoms with Crippen LogP contribution in [0, 0.1) is 6.92 Å². The van der Waals surface area contributed by atoms with Crippen molar-refractivity contribution in [3.05, 3.63) is 29.3 Å². The van der Waals surface area contributed by atoms with Gasteiger partial charge in [-0.2, -0.15) is 0 Å². The summed E-state index contributed by atoms with van der Waals surface area (Å²) in [5.41, 5.74) is 1.84. The van der Waals surface area contributed by atoms with Gasteiger partial charge in [0.2, 0.25) is 5.91 Å². The first kappa shape index (κ1) is 16.5. The number of benzene rings is 1. The smallest absolute Gasteiger partial charge is 0.403 e. The molecule has 0 radical (unpaired) electrons. The summed E-state index contributed by atoms with van der Waals surface area (Å²) in [7, 11) is 1.46. The van der Waals surface area contributed by atoms with Crippen LogP contribution >= 0.6 is 0 Å². The van der Waals surface area contributed by atoms with Gasteiger partial charge in [0.1, 0.15) is 0 Å². The highest BCUT2D eigenvalue weighted by molar-refractivity contribution is 6.47. The number of anilines is 1. The van der Waals surface area contributed by atoms with E-state index in [0.29, 0.717) is 6.32 Å². The number of hydrogen-bond donors (Lipinski definition) is 0. The Hall–Kier alpha value is -1.33. The second-order valence-electron chi connectivity index (χ2n) is 8.11. The van der Waals surface area contributed by atoms with Crippen LogP contribution in [0.25, 0.3) is 0 Å². The number of rotatable bonds is 2. The van der Waals surface area contributed by atoms with Gasteiger partial charge in [-0.15, -0.1) is 0 Å². The lowest BCUT2D eigenvalue weighted by Gasteiger charge is -2.32. The summed E-state index contributed by atoms with van der Waals surface area (Å²) in [6, 6.07) is 6.18. The van der Waals surface area contributed by atoms with Gasteiger partial charge in [0.25, 0.3) is 0 Å². The fraction of sp³-hybridized carbons (Fsp3) is 0.611. The van der Waals surface area contributed by atoms with Gasteiger partial charge in [-0.05, 0) is 53.2 Å². The fourth-order valence-corrected chi connectivity index (χ4v) is 3.56. The molecule has 3 rings (SSSR count). The Kier molecular flexibility index (Phi) is 3.48. The maximum atomic E-state index is 12.9. The summed E-state index contributed by atoms with van der Waals surface area (Å²) in [6.45, 7) is 12.2. The molecule has 1 saturated heterocycles. The van der Waals surface area contributed by atoms with E-state index in [1.165, 1.54) is 0 Å². The monoisotopic (exact) mass is 315 g/mol. The summed E-state index contributed by atoms with van der Waals surface area (Å²) >= 11 is 0. The van der Waals surface area contributed by atoms with E-state index in [9.17, 15) is 4.79 Å². The lowest BCUT2D eigenvalue weighted by atomic mass is 9.66. The lowest BCUT2D eigenvalue weighted by molar-refractivity contribution is -0.121. The molecule has 1 aromatic rings. The summed E-state index contributed by atoms with van der Waals surface area (Å²) < 4.78 is 12.3. The van der Waals surface area contributed by atoms with Crippen molar-refractivity contribution in [2.24, 2.45) is 0 Å². The van der Waals surface area contributed by atoms with Crippen LogP contribution in [0.1, 0.15) is 45.7 Å². The van der Waals surface area contributed by atoms with E-state index in [2.05, 4.69) is 13.0 Å². The van der Waals surface area contributed by atoms with E-state index in [1.807, 2.05) is 53.8 Å². The van der Waals surface area contributed by atoms with Crippen LogP contribution in [0.15, 0.2) is 18.2 Å². The zero-order valence-electron chi connectivity index (χ0n) is 15.2. The summed E-state index contributed by atoms with van der Waals surface area (Å²) in [5.74, 6) is 0.104. The predicted molar refractivity (Wildman–Crippen MR) is 92.8 cm³/mol. The number of hydrogen-bond acceptors (Lipinski definition) is 3. The van der Waals surface area contributed by atoms with Crippen molar-refractivity contribution >= 4 is 18.7 Å². The zero-order valence-corrected chi connectivity index (χ0v) is 15.2. The first-order chi connectivity index (χ1) is 10.5. The molecule has 5 heteroatoms. The Morgan fingerprint density at radius 1 is 1.09 bits per heavy atom. The summed E-state index contributed by atoms with van der Waals surface area (Å²) in [4.78, 5) is 14.7. The van der Waals surface area contributed by atoms with Crippen molar-refractivity contribution in [3.63, 3.8) is 0 Å². The van der Waals surface area contributed by atoms with Crippen LogP contribution in [0.2, 0.25) is 6.32 Å². The third-order valence-corrected chi connectivity index (χ3v) is 5.76. The van der Waals surface area contributed by atoms with Gasteiger partial charge >= 0.3 is 7.12 Å². The molecule has 2 aliphatic heterocycles. The Bertz CT molecular complexity index is 654. The largest absolute Gasteiger partial charge is 0.459 e. The standard InChI is InChI=1S/C18H26BNO3/c1-12-8-9-14-13(10-12)18(6,15(21)20(14)7)11-19-22-16(2,3)17(4,5)23-19/h8-10H,11H2,1-7H3. The molecule has 2 aliphatic rings. The minimum atomic E-state index is -0.614. The molecule has 0 aromatic heterocycles. The number of aryl methyl sites for hydroxylation is 1. The number of fused-ring (bicyclic) bond motifs is 1. The van der Waals surface area contributed by atoms with Gasteiger partial charge in [0.15, 0.2) is 0 Å². The van der Waals surface area contributed by atoms with Crippen molar-refractivity contribution in [2.45, 2.75) is 64.5 Å². The minimum absolute atomic E-state index is 0.104. The molecule has 0 spiro atoms. The summed E-state index contributed by atoms with van der Waals surface area (Å²) in [5, 5.41) is 0. The third kappa shape index (κ3) is 2.33. The normalized spacial score (nSPS) is 28.4. The van der Waals surface area contributed by atoms with Gasteiger partial charge in [-0.25, -0.2) is 0 Å². The topological polar surface area (TPSA) is 38.8 Å². The van der Waals surface area contributed by atoms with Crippen LogP contribution in [-0.4, -0.2) is 31.3 Å². The van der Waals surface area contributed by atoms with Crippen LogP contribution in [-0.2, 0) is 19.5 Å². The highest BCUT2D eigenvalue weighted by Crippen LogP contribution is 2.47. The van der Waals surface area contributed by atoms with Crippen molar-refractivity contribution in [1.82, 2.24) is 0 Å². The van der Waals surface area contributed by atoms with Crippen molar-refractivity contribution in [2.75, 3.05) is 11.9 Å². The van der Waals surface area contributed by atoms with E-state index in [1.54, 1.807) is 4.90 Å². The average Bonchev–Trinajstić information content (AvgIpc) is 2.73. The first-order valence-corrected chi connectivity index (χ1v) is 8.23. The predicted octanol–water partition coefficient (Wildman–Crippen LogP) is 3.32. The third-order valence-electron chi connectivity index (χ3n) is 5.76. The molecule has 0 N–H and O–H groups in total. The molecule has 1 unspecified atom stereocenters. The van der Waals surface area contributed by atoms with Gasteiger partial charge in [0.05, 0.1) is 16.6 Å². The minimum Gasteiger partial charge on any atom is -0.403 e. The molecule has 124 valence electrons. The second kappa shape index (κ2) is 4.84. The van der Waals surface area contributed by atoms with Crippen LogP contribution in [0.3, 0.4) is 0 Å². The molecular weight excluding hydrogens is 289 g/mol. The van der Waals surface area contributed by atoms with E-state index < -0.39 is 5.41 Å². The van der Waals surface area contributed by atoms with Gasteiger partial charge in [-0.1, -0.05) is 17.7 Å². The average molecular weight is 315 g/mol. The molecular formula is C18H26BNO3. The lowest BCUT2D eigenvalue weighted by Crippen LogP contribution is -2.41. The van der Waals surface area contributed by atoms with Crippen molar-refractivity contribution < 1.29 is 14.1 Å². The van der Waals surface area contributed by atoms with Crippen LogP contribution in [0.4, 0.5) is 5.69 Å². The molecule has 1 fully saturated rings. The SMILES string of the molecule is Cc1ccc2c(c1)C(C)(CB1OC(C)(C)C(C)(C)O1)C(=O)N2C. The molecule has 1 aromatic carbocycles. The van der Waals surface area contributed by atoms with E-state index >= 15 is 0 Å². The van der Waals surface area contributed by atoms with E-state index in [-0.39, 0.29) is 24.2 Å². The number of likely N-dealkylation sites (N-methyl/N-ethyl adjacent to an activating group) is 1. The van der Waals surface area contributed by atoms with Gasteiger partial charge < -0.3 is 14.2 Å². The molecule has 0 aliphatic carbocycles. The number of nitrogens with zero attached hydrogens (tertiary/aromatic N) is 1. The molecule has 0 saturated carbocycles. The quantitative estimate of drug-likeness (QED) is 0.786. The molecule has 4 nitrogen and oxygen atoms in total. The fourth-order valence-electron chi connectivity index (χ4n) is 3.56. The summed E-state index contributed by atoms with van der Waals surface area (Å²) in [6.07, 6.45) is 0.527. The molecule has 1 atom stereocenters. The van der Waals surface area contributed by atoms with Crippen molar-refractivity contribution in [1.29, 1.82) is 0 Å². The second-order valence-corrected chi connectivity index (χ2v) is 8.11. The number of carbonyl (C=O) groups is 1. The Morgan fingerprint density at radius 3 is 2.22 bits per heavy atom.